The number of rotatable bonds is 10. The summed E-state index contributed by atoms with van der Waals surface area (Å²) >= 11 is 0. The van der Waals surface area contributed by atoms with E-state index in [-0.39, 0.29) is 28.6 Å². The number of nitrogens with one attached hydrogen (secondary N) is 1. The maximum absolute atomic E-state index is 13.6. The zero-order valence-corrected chi connectivity index (χ0v) is 26.8. The second-order valence-electron chi connectivity index (χ2n) is 14.7. The average molecular weight is 559 g/mol. The Labute approximate surface area is 238 Å². The van der Waals surface area contributed by atoms with Crippen molar-refractivity contribution in [3.8, 4) is 0 Å². The molecule has 0 bridgehead atoms. The molecule has 2 fully saturated rings. The summed E-state index contributed by atoms with van der Waals surface area (Å²) in [7, 11) is -2.19. The number of carbonyl (C=O) groups excluding carboxylic acids is 1. The molecule has 1 aliphatic carbocycles. The lowest BCUT2D eigenvalue weighted by atomic mass is 9.72. The third-order valence-corrected chi connectivity index (χ3v) is 13.8. The maximum Gasteiger partial charge on any atom is 0.306 e. The van der Waals surface area contributed by atoms with Crippen LogP contribution in [0, 0.1) is 17.8 Å². The van der Waals surface area contributed by atoms with Gasteiger partial charge in [0, 0.05) is 18.6 Å². The minimum atomic E-state index is -2.19. The maximum atomic E-state index is 13.6. The lowest BCUT2D eigenvalue weighted by Crippen LogP contribution is -2.59. The molecule has 2 N–H and O–H groups in total. The van der Waals surface area contributed by atoms with Crippen LogP contribution in [0.5, 0.6) is 0 Å². The Morgan fingerprint density at radius 2 is 1.67 bits per heavy atom. The molecule has 1 aliphatic heterocycles. The van der Waals surface area contributed by atoms with E-state index in [0.717, 1.165) is 18.5 Å². The Morgan fingerprint density at radius 3 is 2.23 bits per heavy atom. The van der Waals surface area contributed by atoms with Crippen molar-refractivity contribution in [3.05, 3.63) is 35.9 Å². The molecule has 7 heteroatoms. The topological polar surface area (TPSA) is 78.9 Å². The molecule has 1 amide bonds. The van der Waals surface area contributed by atoms with Crippen molar-refractivity contribution in [2.24, 2.45) is 17.8 Å². The van der Waals surface area contributed by atoms with Crippen LogP contribution in [0.4, 0.5) is 0 Å². The zero-order chi connectivity index (χ0) is 29.0. The zero-order valence-electron chi connectivity index (χ0n) is 25.8. The molecule has 1 saturated heterocycles. The smallest absolute Gasteiger partial charge is 0.306 e. The molecule has 0 radical (unpaired) electrons. The standard InChI is InChI=1S/C32H54N2O4Si/c1-31(2,3)33-29(35)28-20-24-16-12-13-17-25(24)21-34(28)22-27(38-39(7,8)32(4,5)6)19-26(30(36)37)18-23-14-10-9-11-15-23/h9-11,14-15,24-28H,12-13,16-22H2,1-8H3,(H,33,35)(H,36,37)/t24-,25+,26+,27-,28-/m0/s1. The summed E-state index contributed by atoms with van der Waals surface area (Å²) in [5.74, 6) is -0.0375. The molecule has 0 unspecified atom stereocenters. The lowest BCUT2D eigenvalue weighted by molar-refractivity contribution is -0.143. The highest BCUT2D eigenvalue weighted by atomic mass is 28.4. The van der Waals surface area contributed by atoms with Gasteiger partial charge in [-0.15, -0.1) is 0 Å². The number of carboxylic acid groups (broad SMARTS) is 1. The fourth-order valence-corrected chi connectivity index (χ4v) is 7.49. The average Bonchev–Trinajstić information content (AvgIpc) is 2.81. The molecule has 6 nitrogen and oxygen atoms in total. The van der Waals surface area contributed by atoms with Crippen LogP contribution in [-0.4, -0.2) is 61.0 Å². The van der Waals surface area contributed by atoms with Crippen LogP contribution in [0.3, 0.4) is 0 Å². The van der Waals surface area contributed by atoms with Gasteiger partial charge in [0.2, 0.25) is 5.91 Å². The molecule has 0 spiro atoms. The number of piperidine rings is 1. The SMILES string of the molecule is CC(C)(C)NC(=O)[C@@H]1C[C@@H]2CCCC[C@@H]2CN1C[C@H](C[C@@H](Cc1ccccc1)C(=O)O)O[Si](C)(C)C(C)(C)C. The molecular formula is C32H54N2O4Si. The fraction of sp³-hybridized carbons (Fsp3) is 0.750. The molecular weight excluding hydrogens is 504 g/mol. The van der Waals surface area contributed by atoms with E-state index in [4.69, 9.17) is 4.43 Å². The van der Waals surface area contributed by atoms with Gasteiger partial charge in [-0.25, -0.2) is 0 Å². The van der Waals surface area contributed by atoms with Crippen molar-refractivity contribution < 1.29 is 19.1 Å². The van der Waals surface area contributed by atoms with Gasteiger partial charge in [-0.05, 0) is 82.0 Å². The third-order valence-electron chi connectivity index (χ3n) is 9.23. The molecule has 0 aromatic heterocycles. The molecule has 1 aromatic rings. The van der Waals surface area contributed by atoms with Gasteiger partial charge < -0.3 is 14.8 Å². The van der Waals surface area contributed by atoms with E-state index in [2.05, 4.69) is 44.1 Å². The second kappa shape index (κ2) is 12.9. The predicted octanol–water partition coefficient (Wildman–Crippen LogP) is 6.51. The first-order valence-corrected chi connectivity index (χ1v) is 18.0. The van der Waals surface area contributed by atoms with Crippen LogP contribution in [0.25, 0.3) is 0 Å². The minimum Gasteiger partial charge on any atom is -0.481 e. The largest absolute Gasteiger partial charge is 0.481 e. The van der Waals surface area contributed by atoms with Gasteiger partial charge in [-0.2, -0.15) is 0 Å². The van der Waals surface area contributed by atoms with Gasteiger partial charge >= 0.3 is 5.97 Å². The van der Waals surface area contributed by atoms with Crippen LogP contribution in [0.1, 0.15) is 85.6 Å². The van der Waals surface area contributed by atoms with Crippen LogP contribution in [0.2, 0.25) is 18.1 Å². The van der Waals surface area contributed by atoms with Crippen molar-refractivity contribution in [3.63, 3.8) is 0 Å². The van der Waals surface area contributed by atoms with Crippen LogP contribution in [0.15, 0.2) is 30.3 Å². The summed E-state index contributed by atoms with van der Waals surface area (Å²) in [6, 6.07) is 9.68. The van der Waals surface area contributed by atoms with Crippen LogP contribution < -0.4 is 5.32 Å². The van der Waals surface area contributed by atoms with Gasteiger partial charge in [0.25, 0.3) is 0 Å². The summed E-state index contributed by atoms with van der Waals surface area (Å²) in [4.78, 5) is 28.5. The highest BCUT2D eigenvalue weighted by Gasteiger charge is 2.44. The van der Waals surface area contributed by atoms with E-state index in [0.29, 0.717) is 31.2 Å². The van der Waals surface area contributed by atoms with Crippen molar-refractivity contribution in [2.45, 2.75) is 122 Å². The van der Waals surface area contributed by atoms with E-state index in [1.54, 1.807) is 0 Å². The van der Waals surface area contributed by atoms with Crippen LogP contribution >= 0.6 is 0 Å². The Hall–Kier alpha value is -1.70. The van der Waals surface area contributed by atoms with Crippen molar-refractivity contribution >= 4 is 20.2 Å². The van der Waals surface area contributed by atoms with Gasteiger partial charge in [0.1, 0.15) is 0 Å². The van der Waals surface area contributed by atoms with E-state index < -0.39 is 20.2 Å². The molecule has 1 heterocycles. The quantitative estimate of drug-likeness (QED) is 0.320. The van der Waals surface area contributed by atoms with Crippen molar-refractivity contribution in [1.82, 2.24) is 10.2 Å². The Kier molecular flexibility index (Phi) is 10.5. The fourth-order valence-electron chi connectivity index (χ4n) is 6.13. The van der Waals surface area contributed by atoms with Gasteiger partial charge in [-0.1, -0.05) is 70.4 Å². The first-order valence-electron chi connectivity index (χ1n) is 15.1. The number of likely N-dealkylation sites (tertiary alicyclic amines) is 1. The highest BCUT2D eigenvalue weighted by molar-refractivity contribution is 6.74. The number of benzene rings is 1. The molecule has 1 saturated carbocycles. The number of fused-ring (bicyclic) bond motifs is 1. The molecule has 1 aromatic carbocycles. The Balaban J connectivity index is 1.89. The molecule has 3 rings (SSSR count). The highest BCUT2D eigenvalue weighted by Crippen LogP contribution is 2.41. The van der Waals surface area contributed by atoms with Gasteiger partial charge in [0.05, 0.1) is 18.1 Å². The summed E-state index contributed by atoms with van der Waals surface area (Å²) in [6.07, 6.45) is 6.49. The summed E-state index contributed by atoms with van der Waals surface area (Å²) in [5.41, 5.74) is 0.731. The van der Waals surface area contributed by atoms with E-state index in [1.165, 1.54) is 25.7 Å². The lowest BCUT2D eigenvalue weighted by Gasteiger charge is -2.48. The first kappa shape index (κ1) is 31.8. The van der Waals surface area contributed by atoms with Crippen molar-refractivity contribution in [1.29, 1.82) is 0 Å². The Morgan fingerprint density at radius 1 is 1.05 bits per heavy atom. The summed E-state index contributed by atoms with van der Waals surface area (Å²) < 4.78 is 6.99. The van der Waals surface area contributed by atoms with E-state index in [1.807, 2.05) is 51.1 Å². The number of nitrogens with zero attached hydrogens (tertiary/aromatic N) is 1. The third kappa shape index (κ3) is 9.15. The Bertz CT molecular complexity index is 953. The van der Waals surface area contributed by atoms with E-state index >= 15 is 0 Å². The number of aliphatic carboxylic acids is 1. The summed E-state index contributed by atoms with van der Waals surface area (Å²) in [6.45, 7) is 18.7. The minimum absolute atomic E-state index is 0.00275. The second-order valence-corrected chi connectivity index (χ2v) is 19.5. The first-order chi connectivity index (χ1) is 18.1. The van der Waals surface area contributed by atoms with Gasteiger partial charge in [-0.3, -0.25) is 14.5 Å². The number of amides is 1. The predicted molar refractivity (Wildman–Crippen MR) is 161 cm³/mol. The number of carbonyl (C=O) groups is 2. The molecule has 5 atom stereocenters. The number of hydrogen-bond donors (Lipinski definition) is 2. The summed E-state index contributed by atoms with van der Waals surface area (Å²) in [5, 5.41) is 13.5. The van der Waals surface area contributed by atoms with E-state index in [9.17, 15) is 14.7 Å². The van der Waals surface area contributed by atoms with Gasteiger partial charge in [0.15, 0.2) is 8.32 Å². The monoisotopic (exact) mass is 558 g/mol. The van der Waals surface area contributed by atoms with Crippen molar-refractivity contribution in [2.75, 3.05) is 13.1 Å². The molecule has 39 heavy (non-hydrogen) atoms. The number of carboxylic acids is 1. The molecule has 220 valence electrons. The van der Waals surface area contributed by atoms with Crippen LogP contribution in [-0.2, 0) is 20.4 Å². The molecule has 2 aliphatic rings. The number of hydrogen-bond acceptors (Lipinski definition) is 4. The normalized spacial score (nSPS) is 24.5.